The first-order valence-corrected chi connectivity index (χ1v) is 4.29. The van der Waals surface area contributed by atoms with Gasteiger partial charge in [-0.3, -0.25) is 4.79 Å². The van der Waals surface area contributed by atoms with Crippen LogP contribution in [0.3, 0.4) is 0 Å². The normalized spacial score (nSPS) is 16.5. The van der Waals surface area contributed by atoms with Crippen molar-refractivity contribution in [3.05, 3.63) is 0 Å². The zero-order valence-corrected chi connectivity index (χ0v) is 8.96. The van der Waals surface area contributed by atoms with E-state index in [9.17, 15) is 4.79 Å². The second-order valence-electron chi connectivity index (χ2n) is 4.02. The summed E-state index contributed by atoms with van der Waals surface area (Å²) >= 11 is 0. The average molecular weight is 189 g/mol. The smallest absolute Gasteiger partial charge is 0.313 e. The number of carbonyl (C=O) groups excluding carboxylic acids is 1. The van der Waals surface area contributed by atoms with E-state index in [0.717, 1.165) is 0 Å². The molecule has 78 valence electrons. The van der Waals surface area contributed by atoms with E-state index in [-0.39, 0.29) is 5.97 Å². The number of hydrogen-bond donors (Lipinski definition) is 1. The highest BCUT2D eigenvalue weighted by Gasteiger charge is 2.26. The van der Waals surface area contributed by atoms with E-state index in [0.29, 0.717) is 0 Å². The lowest BCUT2D eigenvalue weighted by Gasteiger charge is -2.24. The Balaban J connectivity index is 4.12. The second kappa shape index (κ2) is 4.58. The van der Waals surface area contributed by atoms with E-state index in [1.807, 2.05) is 20.8 Å². The van der Waals surface area contributed by atoms with Crippen LogP contribution in [0, 0.1) is 5.92 Å². The van der Waals surface area contributed by atoms with Crippen LogP contribution in [0.15, 0.2) is 0 Å². The number of nitrogens with two attached hydrogens (primary N) is 1. The lowest BCUT2D eigenvalue weighted by molar-refractivity contribution is -0.163. The van der Waals surface area contributed by atoms with E-state index in [2.05, 4.69) is 0 Å². The average Bonchev–Trinajstić information content (AvgIpc) is 1.98. The zero-order chi connectivity index (χ0) is 10.6. The van der Waals surface area contributed by atoms with Crippen molar-refractivity contribution in [1.29, 1.82) is 0 Å². The minimum atomic E-state index is -0.602. The summed E-state index contributed by atoms with van der Waals surface area (Å²) in [6, 6.07) is 0. The highest BCUT2D eigenvalue weighted by atomic mass is 16.6. The molecule has 0 aromatic rings. The molecule has 2 N–H and O–H groups in total. The van der Waals surface area contributed by atoms with Gasteiger partial charge in [0.25, 0.3) is 0 Å². The fraction of sp³-hybridized carbons (Fsp3) is 0.889. The molecule has 0 rings (SSSR count). The first-order valence-electron chi connectivity index (χ1n) is 4.29. The maximum absolute atomic E-state index is 11.4. The lowest BCUT2D eigenvalue weighted by Crippen LogP contribution is -2.38. The number of methoxy groups -OCH3 is 1. The van der Waals surface area contributed by atoms with Gasteiger partial charge >= 0.3 is 5.97 Å². The summed E-state index contributed by atoms with van der Waals surface area (Å²) in [5.74, 6) is -0.772. The minimum absolute atomic E-state index is 0.332. The molecule has 0 saturated carbocycles. The molecule has 13 heavy (non-hydrogen) atoms. The first kappa shape index (κ1) is 12.4. The van der Waals surface area contributed by atoms with Crippen LogP contribution in [0.2, 0.25) is 0 Å². The number of esters is 1. The van der Waals surface area contributed by atoms with Crippen molar-refractivity contribution in [3.8, 4) is 0 Å². The maximum Gasteiger partial charge on any atom is 0.313 e. The SMILES string of the molecule is COC(N)C(C)C(=O)OC(C)(C)C. The first-order chi connectivity index (χ1) is 5.78. The van der Waals surface area contributed by atoms with Crippen molar-refractivity contribution >= 4 is 5.97 Å². The molecule has 0 aliphatic heterocycles. The summed E-state index contributed by atoms with van der Waals surface area (Å²) < 4.78 is 9.95. The Hall–Kier alpha value is -0.610. The third kappa shape index (κ3) is 4.85. The van der Waals surface area contributed by atoms with E-state index in [1.165, 1.54) is 7.11 Å². The van der Waals surface area contributed by atoms with Gasteiger partial charge in [-0.2, -0.15) is 0 Å². The molecule has 0 aliphatic rings. The third-order valence-corrected chi connectivity index (χ3v) is 1.54. The van der Waals surface area contributed by atoms with E-state index < -0.39 is 17.7 Å². The van der Waals surface area contributed by atoms with Crippen LogP contribution in [0.25, 0.3) is 0 Å². The quantitative estimate of drug-likeness (QED) is 0.529. The summed E-state index contributed by atoms with van der Waals surface area (Å²) in [6.07, 6.45) is -0.602. The summed E-state index contributed by atoms with van der Waals surface area (Å²) in [5, 5.41) is 0. The van der Waals surface area contributed by atoms with Gasteiger partial charge in [0.05, 0.1) is 5.92 Å². The Bertz CT molecular complexity index is 174. The zero-order valence-electron chi connectivity index (χ0n) is 8.96. The van der Waals surface area contributed by atoms with E-state index >= 15 is 0 Å². The predicted molar refractivity (Wildman–Crippen MR) is 50.0 cm³/mol. The number of ether oxygens (including phenoxy) is 2. The fourth-order valence-corrected chi connectivity index (χ4v) is 0.733. The molecule has 0 spiro atoms. The lowest BCUT2D eigenvalue weighted by atomic mass is 10.1. The standard InChI is InChI=1S/C9H19NO3/c1-6(7(10)12-5)8(11)13-9(2,3)4/h6-7H,10H2,1-5H3. The third-order valence-electron chi connectivity index (χ3n) is 1.54. The van der Waals surface area contributed by atoms with Crippen LogP contribution >= 0.6 is 0 Å². The fourth-order valence-electron chi connectivity index (χ4n) is 0.733. The number of carbonyl (C=O) groups is 1. The Morgan fingerprint density at radius 2 is 1.85 bits per heavy atom. The van der Waals surface area contributed by atoms with E-state index in [4.69, 9.17) is 15.2 Å². The molecule has 0 aromatic heterocycles. The highest BCUT2D eigenvalue weighted by Crippen LogP contribution is 2.12. The van der Waals surface area contributed by atoms with Gasteiger partial charge in [-0.25, -0.2) is 0 Å². The Morgan fingerprint density at radius 1 is 1.38 bits per heavy atom. The second-order valence-corrected chi connectivity index (χ2v) is 4.02. The van der Waals surface area contributed by atoms with Crippen LogP contribution < -0.4 is 5.73 Å². The van der Waals surface area contributed by atoms with Gasteiger partial charge in [0.15, 0.2) is 0 Å². The molecule has 4 nitrogen and oxygen atoms in total. The minimum Gasteiger partial charge on any atom is -0.460 e. The molecule has 0 saturated heterocycles. The van der Waals surface area contributed by atoms with Gasteiger partial charge in [0.1, 0.15) is 11.8 Å². The molecule has 0 aromatic carbocycles. The molecule has 0 amide bonds. The van der Waals surface area contributed by atoms with Crippen LogP contribution in [-0.2, 0) is 14.3 Å². The summed E-state index contributed by atoms with van der Waals surface area (Å²) in [7, 11) is 1.46. The van der Waals surface area contributed by atoms with Crippen molar-refractivity contribution in [2.75, 3.05) is 7.11 Å². The van der Waals surface area contributed by atoms with Gasteiger partial charge in [-0.1, -0.05) is 0 Å². The molecule has 2 unspecified atom stereocenters. The van der Waals surface area contributed by atoms with Crippen molar-refractivity contribution in [2.24, 2.45) is 11.7 Å². The molecule has 0 radical (unpaired) electrons. The molecule has 0 fully saturated rings. The Morgan fingerprint density at radius 3 is 2.15 bits per heavy atom. The maximum atomic E-state index is 11.4. The largest absolute Gasteiger partial charge is 0.460 e. The molecule has 2 atom stereocenters. The van der Waals surface area contributed by atoms with Gasteiger partial charge < -0.3 is 15.2 Å². The van der Waals surface area contributed by atoms with Crippen LogP contribution in [0.5, 0.6) is 0 Å². The van der Waals surface area contributed by atoms with Gasteiger partial charge in [0, 0.05) is 7.11 Å². The number of rotatable bonds is 3. The summed E-state index contributed by atoms with van der Waals surface area (Å²) in [6.45, 7) is 7.13. The van der Waals surface area contributed by atoms with Gasteiger partial charge in [-0.05, 0) is 27.7 Å². The Labute approximate surface area is 79.4 Å². The Kier molecular flexibility index (Phi) is 4.36. The number of hydrogen-bond acceptors (Lipinski definition) is 4. The van der Waals surface area contributed by atoms with Crippen molar-refractivity contribution in [2.45, 2.75) is 39.5 Å². The van der Waals surface area contributed by atoms with Crippen LogP contribution in [0.4, 0.5) is 0 Å². The molecule has 4 heteroatoms. The molecule has 0 heterocycles. The van der Waals surface area contributed by atoms with Crippen molar-refractivity contribution in [1.82, 2.24) is 0 Å². The van der Waals surface area contributed by atoms with Crippen molar-refractivity contribution in [3.63, 3.8) is 0 Å². The van der Waals surface area contributed by atoms with Crippen LogP contribution in [0.1, 0.15) is 27.7 Å². The molecule has 0 aliphatic carbocycles. The topological polar surface area (TPSA) is 61.5 Å². The summed E-state index contributed by atoms with van der Waals surface area (Å²) in [4.78, 5) is 11.4. The van der Waals surface area contributed by atoms with E-state index in [1.54, 1.807) is 6.92 Å². The summed E-state index contributed by atoms with van der Waals surface area (Å²) in [5.41, 5.74) is 5.04. The van der Waals surface area contributed by atoms with Gasteiger partial charge in [0.2, 0.25) is 0 Å². The molecular formula is C9H19NO3. The monoisotopic (exact) mass is 189 g/mol. The molecular weight excluding hydrogens is 170 g/mol. The van der Waals surface area contributed by atoms with Crippen molar-refractivity contribution < 1.29 is 14.3 Å². The highest BCUT2D eigenvalue weighted by molar-refractivity contribution is 5.73. The molecule has 0 bridgehead atoms. The predicted octanol–water partition coefficient (Wildman–Crippen LogP) is 0.895. The van der Waals surface area contributed by atoms with Gasteiger partial charge in [-0.15, -0.1) is 0 Å². The van der Waals surface area contributed by atoms with Crippen LogP contribution in [-0.4, -0.2) is 24.9 Å².